The van der Waals surface area contributed by atoms with Crippen LogP contribution in [0.15, 0.2) is 53.4 Å². The Balaban J connectivity index is 1.60. The fourth-order valence-corrected chi connectivity index (χ4v) is 2.73. The number of nitrogens with one attached hydrogen (secondary N) is 1. The van der Waals surface area contributed by atoms with Gasteiger partial charge in [0.1, 0.15) is 5.75 Å². The molecule has 0 radical (unpaired) electrons. The second-order valence-electron chi connectivity index (χ2n) is 5.33. The average Bonchev–Trinajstić information content (AvgIpc) is 3.10. The van der Waals surface area contributed by atoms with Crippen molar-refractivity contribution in [1.82, 2.24) is 4.98 Å². The Bertz CT molecular complexity index is 830. The summed E-state index contributed by atoms with van der Waals surface area (Å²) in [6, 6.07) is 13.0. The van der Waals surface area contributed by atoms with Crippen LogP contribution in [0.3, 0.4) is 0 Å². The van der Waals surface area contributed by atoms with Crippen LogP contribution in [-0.2, 0) is 4.79 Å². The molecule has 1 heterocycles. The quantitative estimate of drug-likeness (QED) is 0.695. The maximum Gasteiger partial charge on any atom is 0.262 e. The number of hydrogen-bond acceptors (Lipinski definition) is 5. The number of benzene rings is 2. The van der Waals surface area contributed by atoms with Crippen molar-refractivity contribution in [3.63, 3.8) is 0 Å². The third-order valence-electron chi connectivity index (χ3n) is 3.43. The van der Waals surface area contributed by atoms with E-state index in [0.29, 0.717) is 11.4 Å². The van der Waals surface area contributed by atoms with Crippen LogP contribution in [-0.4, -0.2) is 17.5 Å². The molecule has 6 heteroatoms. The largest absolute Gasteiger partial charge is 0.482 e. The number of ether oxygens (including phenoxy) is 1. The maximum atomic E-state index is 12.0. The van der Waals surface area contributed by atoms with Gasteiger partial charge in [0, 0.05) is 16.6 Å². The van der Waals surface area contributed by atoms with Gasteiger partial charge in [-0.05, 0) is 37.3 Å². The fraction of sp³-hybridized carbons (Fsp3) is 0.111. The van der Waals surface area contributed by atoms with Gasteiger partial charge >= 0.3 is 0 Å². The molecule has 24 heavy (non-hydrogen) atoms. The number of nitrogen functional groups attached to an aromatic ring is 1. The Labute approximate surface area is 144 Å². The van der Waals surface area contributed by atoms with E-state index in [9.17, 15) is 4.79 Å². The van der Waals surface area contributed by atoms with Crippen LogP contribution in [0.4, 0.5) is 11.4 Å². The van der Waals surface area contributed by atoms with Crippen LogP contribution in [0.25, 0.3) is 11.3 Å². The summed E-state index contributed by atoms with van der Waals surface area (Å²) in [5.74, 6) is 0.245. The second kappa shape index (κ2) is 7.14. The van der Waals surface area contributed by atoms with Crippen LogP contribution in [0, 0.1) is 6.92 Å². The highest BCUT2D eigenvalue weighted by atomic mass is 32.1. The highest BCUT2D eigenvalue weighted by molar-refractivity contribution is 7.07. The molecule has 1 aromatic heterocycles. The number of amides is 1. The topological polar surface area (TPSA) is 77.2 Å². The van der Waals surface area contributed by atoms with E-state index in [1.165, 1.54) is 11.3 Å². The molecule has 0 fully saturated rings. The molecule has 0 saturated heterocycles. The van der Waals surface area contributed by atoms with Crippen LogP contribution in [0.5, 0.6) is 5.75 Å². The molecule has 3 rings (SSSR count). The maximum absolute atomic E-state index is 12.0. The van der Waals surface area contributed by atoms with Gasteiger partial charge in [0.05, 0.1) is 16.9 Å². The first-order valence-corrected chi connectivity index (χ1v) is 8.33. The number of rotatable bonds is 5. The van der Waals surface area contributed by atoms with Gasteiger partial charge in [-0.2, -0.15) is 0 Å². The number of thiazole rings is 1. The summed E-state index contributed by atoms with van der Waals surface area (Å²) in [6.07, 6.45) is 0. The van der Waals surface area contributed by atoms with Crippen molar-refractivity contribution >= 4 is 28.6 Å². The number of hydrogen-bond donors (Lipinski definition) is 2. The van der Waals surface area contributed by atoms with Crippen molar-refractivity contribution in [3.05, 3.63) is 58.9 Å². The van der Waals surface area contributed by atoms with E-state index < -0.39 is 0 Å². The Morgan fingerprint density at radius 1 is 1.25 bits per heavy atom. The summed E-state index contributed by atoms with van der Waals surface area (Å²) < 4.78 is 5.51. The molecule has 0 unspecified atom stereocenters. The molecular formula is C18H17N3O2S. The molecular weight excluding hydrogens is 322 g/mol. The second-order valence-corrected chi connectivity index (χ2v) is 6.05. The van der Waals surface area contributed by atoms with Crippen molar-refractivity contribution in [2.75, 3.05) is 17.7 Å². The van der Waals surface area contributed by atoms with Crippen LogP contribution < -0.4 is 15.8 Å². The number of aromatic nitrogens is 1. The number of anilines is 2. The van der Waals surface area contributed by atoms with E-state index in [1.54, 1.807) is 17.6 Å². The smallest absolute Gasteiger partial charge is 0.262 e. The molecule has 3 aromatic rings. The molecule has 122 valence electrons. The zero-order valence-corrected chi connectivity index (χ0v) is 14.0. The first kappa shape index (κ1) is 16.0. The molecule has 0 bridgehead atoms. The number of aryl methyl sites for hydroxylation is 1. The lowest BCUT2D eigenvalue weighted by Gasteiger charge is -2.10. The Morgan fingerprint density at radius 3 is 2.71 bits per heavy atom. The van der Waals surface area contributed by atoms with Gasteiger partial charge in [-0.15, -0.1) is 11.3 Å². The molecule has 0 spiro atoms. The van der Waals surface area contributed by atoms with Gasteiger partial charge in [0.15, 0.2) is 6.61 Å². The van der Waals surface area contributed by atoms with Crippen molar-refractivity contribution in [2.45, 2.75) is 6.92 Å². The molecule has 1 amide bonds. The summed E-state index contributed by atoms with van der Waals surface area (Å²) in [4.78, 5) is 16.2. The van der Waals surface area contributed by atoms with E-state index in [2.05, 4.69) is 10.3 Å². The van der Waals surface area contributed by atoms with Gasteiger partial charge in [-0.25, -0.2) is 4.98 Å². The lowest BCUT2D eigenvalue weighted by molar-refractivity contribution is -0.118. The van der Waals surface area contributed by atoms with E-state index in [4.69, 9.17) is 10.5 Å². The molecule has 0 saturated carbocycles. The van der Waals surface area contributed by atoms with Crippen molar-refractivity contribution in [1.29, 1.82) is 0 Å². The zero-order valence-electron chi connectivity index (χ0n) is 13.2. The van der Waals surface area contributed by atoms with Gasteiger partial charge in [-0.3, -0.25) is 4.79 Å². The number of nitrogens with two attached hydrogens (primary N) is 1. The van der Waals surface area contributed by atoms with Crippen molar-refractivity contribution in [3.8, 4) is 17.0 Å². The number of nitrogens with zero attached hydrogens (tertiary/aromatic N) is 1. The lowest BCUT2D eigenvalue weighted by atomic mass is 10.1. The normalized spacial score (nSPS) is 10.4. The summed E-state index contributed by atoms with van der Waals surface area (Å²) >= 11 is 1.52. The SMILES string of the molecule is Cc1ccc(NC(=O)COc2ccc(-c3cscn3)cc2N)cc1. The molecule has 0 aliphatic heterocycles. The van der Waals surface area contributed by atoms with E-state index in [0.717, 1.165) is 22.5 Å². The Kier molecular flexibility index (Phi) is 4.77. The molecule has 2 aromatic carbocycles. The average molecular weight is 339 g/mol. The molecule has 0 aliphatic rings. The molecule has 0 aliphatic carbocycles. The summed E-state index contributed by atoms with van der Waals surface area (Å²) in [6.45, 7) is 1.89. The van der Waals surface area contributed by atoms with Crippen LogP contribution in [0.1, 0.15) is 5.56 Å². The molecule has 5 nitrogen and oxygen atoms in total. The third-order valence-corrected chi connectivity index (χ3v) is 4.02. The van der Waals surface area contributed by atoms with Gasteiger partial charge in [0.25, 0.3) is 5.91 Å². The molecule has 3 N–H and O–H groups in total. The summed E-state index contributed by atoms with van der Waals surface area (Å²) in [7, 11) is 0. The summed E-state index contributed by atoms with van der Waals surface area (Å²) in [5, 5.41) is 4.73. The van der Waals surface area contributed by atoms with Crippen molar-refractivity contribution < 1.29 is 9.53 Å². The predicted octanol–water partition coefficient (Wildman–Crippen LogP) is 3.72. The predicted molar refractivity (Wildman–Crippen MR) is 97.3 cm³/mol. The minimum Gasteiger partial charge on any atom is -0.482 e. The summed E-state index contributed by atoms with van der Waals surface area (Å²) in [5.41, 5.74) is 11.9. The highest BCUT2D eigenvalue weighted by Crippen LogP contribution is 2.28. The van der Waals surface area contributed by atoms with Crippen LogP contribution in [0.2, 0.25) is 0 Å². The Morgan fingerprint density at radius 2 is 2.04 bits per heavy atom. The first-order chi connectivity index (χ1) is 11.6. The zero-order chi connectivity index (χ0) is 16.9. The number of carbonyl (C=O) groups is 1. The van der Waals surface area contributed by atoms with Crippen LogP contribution >= 0.6 is 11.3 Å². The third kappa shape index (κ3) is 3.91. The van der Waals surface area contributed by atoms with Gasteiger partial charge < -0.3 is 15.8 Å². The van der Waals surface area contributed by atoms with E-state index >= 15 is 0 Å². The highest BCUT2D eigenvalue weighted by Gasteiger charge is 2.08. The monoisotopic (exact) mass is 339 g/mol. The lowest BCUT2D eigenvalue weighted by Crippen LogP contribution is -2.20. The van der Waals surface area contributed by atoms with E-state index in [1.807, 2.05) is 42.6 Å². The fourth-order valence-electron chi connectivity index (χ4n) is 2.17. The number of carbonyl (C=O) groups excluding carboxylic acids is 1. The molecule has 0 atom stereocenters. The van der Waals surface area contributed by atoms with E-state index in [-0.39, 0.29) is 12.5 Å². The Hall–Kier alpha value is -2.86. The minimum absolute atomic E-state index is 0.103. The van der Waals surface area contributed by atoms with Gasteiger partial charge in [0.2, 0.25) is 0 Å². The minimum atomic E-state index is -0.234. The standard InChI is InChI=1S/C18H17N3O2S/c1-12-2-5-14(6-3-12)21-18(22)9-23-17-7-4-13(8-15(17)19)16-10-24-11-20-16/h2-8,10-11H,9,19H2,1H3,(H,21,22). The first-order valence-electron chi connectivity index (χ1n) is 7.39. The van der Waals surface area contributed by atoms with Gasteiger partial charge in [-0.1, -0.05) is 17.7 Å². The van der Waals surface area contributed by atoms with Crippen molar-refractivity contribution in [2.24, 2.45) is 0 Å².